The molecule has 0 bridgehead atoms. The van der Waals surface area contributed by atoms with E-state index in [1.54, 1.807) is 4.90 Å². The van der Waals surface area contributed by atoms with E-state index >= 15 is 4.39 Å². The lowest BCUT2D eigenvalue weighted by Crippen LogP contribution is -2.54. The SMILES string of the molecule is O=C(N1CCCC1)C1(F)CCCN(Cc2ccc(C(F)(F)F)cc2)C1. The minimum Gasteiger partial charge on any atom is -0.340 e. The summed E-state index contributed by atoms with van der Waals surface area (Å²) in [5.41, 5.74) is -1.89. The molecule has 7 heteroatoms. The molecular formula is C18H22F4N2O. The molecular weight excluding hydrogens is 336 g/mol. The topological polar surface area (TPSA) is 23.6 Å². The number of rotatable bonds is 3. The van der Waals surface area contributed by atoms with Gasteiger partial charge in [-0.15, -0.1) is 0 Å². The molecule has 3 nitrogen and oxygen atoms in total. The van der Waals surface area contributed by atoms with Crippen LogP contribution in [0.25, 0.3) is 0 Å². The number of hydrogen-bond donors (Lipinski definition) is 0. The highest BCUT2D eigenvalue weighted by atomic mass is 19.4. The quantitative estimate of drug-likeness (QED) is 0.771. The minimum atomic E-state index is -4.36. The van der Waals surface area contributed by atoms with E-state index in [0.717, 1.165) is 25.0 Å². The Morgan fingerprint density at radius 1 is 1.04 bits per heavy atom. The number of halogens is 4. The van der Waals surface area contributed by atoms with Gasteiger partial charge >= 0.3 is 6.18 Å². The number of benzene rings is 1. The number of nitrogens with zero attached hydrogens (tertiary/aromatic N) is 2. The Morgan fingerprint density at radius 3 is 2.28 bits per heavy atom. The molecule has 3 rings (SSSR count). The summed E-state index contributed by atoms with van der Waals surface area (Å²) in [5, 5.41) is 0. The first-order valence-electron chi connectivity index (χ1n) is 8.65. The fourth-order valence-electron chi connectivity index (χ4n) is 3.67. The summed E-state index contributed by atoms with van der Waals surface area (Å²) in [6.45, 7) is 2.22. The lowest BCUT2D eigenvalue weighted by Gasteiger charge is -2.38. The average Bonchev–Trinajstić information content (AvgIpc) is 3.08. The van der Waals surface area contributed by atoms with Gasteiger partial charge in [-0.3, -0.25) is 9.69 Å². The second-order valence-electron chi connectivity index (χ2n) is 6.97. The van der Waals surface area contributed by atoms with Crippen molar-refractivity contribution in [2.75, 3.05) is 26.2 Å². The summed E-state index contributed by atoms with van der Waals surface area (Å²) in [4.78, 5) is 15.9. The maximum Gasteiger partial charge on any atom is 0.416 e. The van der Waals surface area contributed by atoms with E-state index in [1.807, 2.05) is 4.90 Å². The zero-order chi connectivity index (χ0) is 18.1. The Hall–Kier alpha value is -1.63. The first-order valence-corrected chi connectivity index (χ1v) is 8.65. The number of alkyl halides is 4. The molecule has 1 amide bonds. The maximum atomic E-state index is 15.2. The van der Waals surface area contributed by atoms with Crippen LogP contribution in [0.4, 0.5) is 17.6 Å². The van der Waals surface area contributed by atoms with Crippen LogP contribution in [0.15, 0.2) is 24.3 Å². The Labute approximate surface area is 144 Å². The van der Waals surface area contributed by atoms with E-state index in [0.29, 0.717) is 38.2 Å². The van der Waals surface area contributed by atoms with Crippen molar-refractivity contribution in [3.8, 4) is 0 Å². The largest absolute Gasteiger partial charge is 0.416 e. The molecule has 0 N–H and O–H groups in total. The van der Waals surface area contributed by atoms with Gasteiger partial charge in [0.15, 0.2) is 0 Å². The fourth-order valence-corrected chi connectivity index (χ4v) is 3.67. The molecule has 138 valence electrons. The van der Waals surface area contributed by atoms with Crippen molar-refractivity contribution in [1.29, 1.82) is 0 Å². The van der Waals surface area contributed by atoms with E-state index in [4.69, 9.17) is 0 Å². The second-order valence-corrected chi connectivity index (χ2v) is 6.97. The number of carbonyl (C=O) groups excluding carboxylic acids is 1. The van der Waals surface area contributed by atoms with Crippen molar-refractivity contribution in [3.63, 3.8) is 0 Å². The predicted molar refractivity (Wildman–Crippen MR) is 85.6 cm³/mol. The summed E-state index contributed by atoms with van der Waals surface area (Å²) in [7, 11) is 0. The van der Waals surface area contributed by atoms with Gasteiger partial charge < -0.3 is 4.90 Å². The zero-order valence-electron chi connectivity index (χ0n) is 14.0. The van der Waals surface area contributed by atoms with Crippen LogP contribution in [0.1, 0.15) is 36.8 Å². The molecule has 0 saturated carbocycles. The monoisotopic (exact) mass is 358 g/mol. The number of hydrogen-bond acceptors (Lipinski definition) is 2. The van der Waals surface area contributed by atoms with E-state index in [1.165, 1.54) is 12.1 Å². The number of amides is 1. The van der Waals surface area contributed by atoms with Gasteiger partial charge in [0.25, 0.3) is 5.91 Å². The van der Waals surface area contributed by atoms with Gasteiger partial charge in [0, 0.05) is 26.2 Å². The molecule has 1 aromatic carbocycles. The minimum absolute atomic E-state index is 0.00333. The zero-order valence-corrected chi connectivity index (χ0v) is 14.0. The standard InChI is InChI=1S/C18H22F4N2O/c19-17(16(25)24-10-1-2-11-24)8-3-9-23(13-17)12-14-4-6-15(7-5-14)18(20,21)22/h4-7H,1-3,8-13H2. The molecule has 2 fully saturated rings. The summed E-state index contributed by atoms with van der Waals surface area (Å²) in [6, 6.07) is 4.91. The normalized spacial score (nSPS) is 25.4. The lowest BCUT2D eigenvalue weighted by molar-refractivity contribution is -0.147. The highest BCUT2D eigenvalue weighted by molar-refractivity contribution is 5.85. The summed E-state index contributed by atoms with van der Waals surface area (Å²) >= 11 is 0. The molecule has 1 aromatic rings. The molecule has 2 heterocycles. The van der Waals surface area contributed by atoms with Gasteiger partial charge in [-0.1, -0.05) is 12.1 Å². The van der Waals surface area contributed by atoms with Crippen LogP contribution in [0, 0.1) is 0 Å². The van der Waals surface area contributed by atoms with Gasteiger partial charge in [-0.25, -0.2) is 4.39 Å². The Morgan fingerprint density at radius 2 is 1.68 bits per heavy atom. The average molecular weight is 358 g/mol. The first-order chi connectivity index (χ1) is 11.8. The van der Waals surface area contributed by atoms with Crippen molar-refractivity contribution in [1.82, 2.24) is 9.80 Å². The lowest BCUT2D eigenvalue weighted by atomic mass is 9.92. The van der Waals surface area contributed by atoms with E-state index < -0.39 is 23.3 Å². The van der Waals surface area contributed by atoms with E-state index in [-0.39, 0.29) is 13.0 Å². The Kier molecular flexibility index (Phi) is 5.04. The van der Waals surface area contributed by atoms with Crippen molar-refractivity contribution >= 4 is 5.91 Å². The van der Waals surface area contributed by atoms with E-state index in [2.05, 4.69) is 0 Å². The molecule has 0 aliphatic carbocycles. The van der Waals surface area contributed by atoms with Gasteiger partial charge in [0.1, 0.15) is 0 Å². The summed E-state index contributed by atoms with van der Waals surface area (Å²) in [5.74, 6) is -0.429. The van der Waals surface area contributed by atoms with Crippen LogP contribution in [-0.4, -0.2) is 47.6 Å². The van der Waals surface area contributed by atoms with Gasteiger partial charge in [-0.2, -0.15) is 13.2 Å². The van der Waals surface area contributed by atoms with Crippen LogP contribution in [-0.2, 0) is 17.5 Å². The third-order valence-corrected chi connectivity index (χ3v) is 4.99. The van der Waals surface area contributed by atoms with Crippen molar-refractivity contribution in [2.24, 2.45) is 0 Å². The van der Waals surface area contributed by atoms with Crippen LogP contribution in [0.2, 0.25) is 0 Å². The third-order valence-electron chi connectivity index (χ3n) is 4.99. The highest BCUT2D eigenvalue weighted by Crippen LogP contribution is 2.31. The summed E-state index contributed by atoms with van der Waals surface area (Å²) in [6.07, 6.45) is -1.75. The molecule has 2 aliphatic heterocycles. The fraction of sp³-hybridized carbons (Fsp3) is 0.611. The number of likely N-dealkylation sites (tertiary alicyclic amines) is 2. The first kappa shape index (κ1) is 18.2. The molecule has 2 aliphatic rings. The van der Waals surface area contributed by atoms with Gasteiger partial charge in [0.2, 0.25) is 5.67 Å². The molecule has 1 atom stereocenters. The predicted octanol–water partition coefficient (Wildman–Crippen LogP) is 3.63. The van der Waals surface area contributed by atoms with Crippen LogP contribution < -0.4 is 0 Å². The molecule has 2 saturated heterocycles. The van der Waals surface area contributed by atoms with Crippen LogP contribution in [0.5, 0.6) is 0 Å². The summed E-state index contributed by atoms with van der Waals surface area (Å²) < 4.78 is 53.1. The maximum absolute atomic E-state index is 15.2. The molecule has 0 spiro atoms. The van der Waals surface area contributed by atoms with Crippen molar-refractivity contribution < 1.29 is 22.4 Å². The van der Waals surface area contributed by atoms with Gasteiger partial charge in [-0.05, 0) is 49.9 Å². The molecule has 0 aromatic heterocycles. The van der Waals surface area contributed by atoms with Crippen molar-refractivity contribution in [3.05, 3.63) is 35.4 Å². The number of carbonyl (C=O) groups is 1. The van der Waals surface area contributed by atoms with Crippen LogP contribution in [0.3, 0.4) is 0 Å². The molecule has 1 unspecified atom stereocenters. The van der Waals surface area contributed by atoms with Crippen molar-refractivity contribution in [2.45, 2.75) is 44.1 Å². The smallest absolute Gasteiger partial charge is 0.340 e. The van der Waals surface area contributed by atoms with Gasteiger partial charge in [0.05, 0.1) is 5.56 Å². The highest BCUT2D eigenvalue weighted by Gasteiger charge is 2.45. The molecule has 0 radical (unpaired) electrons. The van der Waals surface area contributed by atoms with Crippen LogP contribution >= 0.6 is 0 Å². The molecule has 25 heavy (non-hydrogen) atoms. The van der Waals surface area contributed by atoms with E-state index in [9.17, 15) is 18.0 Å². The Bertz CT molecular complexity index is 610. The second kappa shape index (κ2) is 6.94. The third kappa shape index (κ3) is 4.14. The number of piperidine rings is 1. The Balaban J connectivity index is 1.64.